The molecule has 0 aliphatic carbocycles. The Bertz CT molecular complexity index is 1010. The van der Waals surface area contributed by atoms with Gasteiger partial charge in [-0.2, -0.15) is 0 Å². The van der Waals surface area contributed by atoms with E-state index in [4.69, 9.17) is 25.2 Å². The van der Waals surface area contributed by atoms with Crippen molar-refractivity contribution in [3.63, 3.8) is 0 Å². The van der Waals surface area contributed by atoms with E-state index in [-0.39, 0.29) is 23.0 Å². The fraction of sp³-hybridized carbons (Fsp3) is 0.222. The Kier molecular flexibility index (Phi) is 8.02. The lowest BCUT2D eigenvalue weighted by Gasteiger charge is -2.16. The number of carbonyl (C=O) groups excluding carboxylic acids is 1. The molecule has 1 aliphatic rings. The molecule has 2 aromatic rings. The maximum Gasteiger partial charge on any atom is 0.488 e. The molecule has 1 heterocycles. The van der Waals surface area contributed by atoms with Gasteiger partial charge in [0.05, 0.1) is 17.7 Å². The van der Waals surface area contributed by atoms with Crippen LogP contribution in [0.1, 0.15) is 27.1 Å². The molecule has 1 saturated heterocycles. The number of carboxylic acid groups (broad SMARTS) is 1. The third kappa shape index (κ3) is 6.29. The summed E-state index contributed by atoms with van der Waals surface area (Å²) in [5.74, 6) is -7.11. The van der Waals surface area contributed by atoms with Gasteiger partial charge in [0.25, 0.3) is 11.8 Å². The number of carboxylic acids is 1. The quantitative estimate of drug-likeness (QED) is 0.299. The van der Waals surface area contributed by atoms with Crippen LogP contribution in [0.3, 0.4) is 0 Å². The van der Waals surface area contributed by atoms with Crippen molar-refractivity contribution in [2.75, 3.05) is 13.1 Å². The van der Waals surface area contributed by atoms with Crippen molar-refractivity contribution in [1.82, 2.24) is 4.90 Å². The number of hydrogen-bond donors (Lipinski definition) is 5. The topological polar surface area (TPSA) is 139 Å². The summed E-state index contributed by atoms with van der Waals surface area (Å²) in [6.45, 7) is -0.856. The van der Waals surface area contributed by atoms with Crippen LogP contribution < -0.4 is 10.9 Å². The van der Waals surface area contributed by atoms with Gasteiger partial charge in [0.15, 0.2) is 0 Å². The highest BCUT2D eigenvalue weighted by Gasteiger charge is 2.41. The van der Waals surface area contributed by atoms with Gasteiger partial charge in [0.1, 0.15) is 11.6 Å². The Labute approximate surface area is 179 Å². The van der Waals surface area contributed by atoms with E-state index < -0.39 is 62.2 Å². The molecule has 2 aromatic carbocycles. The molecule has 32 heavy (non-hydrogen) atoms. The monoisotopic (exact) mass is 457 g/mol. The van der Waals surface area contributed by atoms with Gasteiger partial charge in [0, 0.05) is 13.0 Å². The van der Waals surface area contributed by atoms with Gasteiger partial charge in [-0.3, -0.25) is 4.79 Å². The van der Waals surface area contributed by atoms with Crippen molar-refractivity contribution >= 4 is 37.0 Å². The number of alkyl halides is 2. The van der Waals surface area contributed by atoms with E-state index in [1.54, 1.807) is 0 Å². The number of benzene rings is 2. The van der Waals surface area contributed by atoms with Crippen LogP contribution in [-0.4, -0.2) is 75.2 Å². The standard InChI is InChI=1S/C11H11BF3NO3.C7H6BFO4/c13-9-5-7(12(18)19)1-2-8(9)10(17)16-4-3-11(14,15)6-16;9-6-3-4(8(12)13)1-2-5(6)7(10)11/h1-2,5,18-19H,3-4,6H2;1-3,12-13H,(H,10,11). The van der Waals surface area contributed by atoms with Crippen LogP contribution in [0.5, 0.6) is 0 Å². The molecule has 0 unspecified atom stereocenters. The number of amides is 1. The van der Waals surface area contributed by atoms with Gasteiger partial charge >= 0.3 is 20.2 Å². The summed E-state index contributed by atoms with van der Waals surface area (Å²) in [5.41, 5.74) is -1.05. The molecule has 0 saturated carbocycles. The van der Waals surface area contributed by atoms with E-state index in [1.165, 1.54) is 0 Å². The molecule has 1 amide bonds. The second-order valence-electron chi connectivity index (χ2n) is 6.86. The summed E-state index contributed by atoms with van der Waals surface area (Å²) < 4.78 is 52.5. The Morgan fingerprint density at radius 1 is 0.875 bits per heavy atom. The average Bonchev–Trinajstić information content (AvgIpc) is 3.07. The highest BCUT2D eigenvalue weighted by atomic mass is 19.3. The molecule has 0 atom stereocenters. The first-order valence-corrected chi connectivity index (χ1v) is 9.04. The Balaban J connectivity index is 0.000000244. The van der Waals surface area contributed by atoms with Crippen molar-refractivity contribution < 1.29 is 52.4 Å². The minimum Gasteiger partial charge on any atom is -0.478 e. The van der Waals surface area contributed by atoms with E-state index in [1.807, 2.05) is 0 Å². The lowest BCUT2D eigenvalue weighted by atomic mass is 9.80. The van der Waals surface area contributed by atoms with E-state index in [0.717, 1.165) is 41.3 Å². The normalized spacial score (nSPS) is 14.4. The fourth-order valence-corrected chi connectivity index (χ4v) is 2.81. The molecule has 8 nitrogen and oxygen atoms in total. The van der Waals surface area contributed by atoms with Gasteiger partial charge in [-0.1, -0.05) is 12.1 Å². The Hall–Kier alpha value is -2.93. The summed E-state index contributed by atoms with van der Waals surface area (Å²) >= 11 is 0. The largest absolute Gasteiger partial charge is 0.488 e. The zero-order valence-electron chi connectivity index (χ0n) is 16.3. The zero-order chi connectivity index (χ0) is 24.2. The first kappa shape index (κ1) is 25.3. The van der Waals surface area contributed by atoms with E-state index in [0.29, 0.717) is 0 Å². The summed E-state index contributed by atoms with van der Waals surface area (Å²) in [5, 5.41) is 43.4. The molecule has 14 heteroatoms. The van der Waals surface area contributed by atoms with Crippen LogP contribution in [0.2, 0.25) is 0 Å². The lowest BCUT2D eigenvalue weighted by molar-refractivity contribution is 0.0119. The summed E-state index contributed by atoms with van der Waals surface area (Å²) in [7, 11) is -3.65. The summed E-state index contributed by atoms with van der Waals surface area (Å²) in [6, 6.07) is 5.90. The second-order valence-corrected chi connectivity index (χ2v) is 6.86. The number of halogens is 4. The van der Waals surface area contributed by atoms with Crippen molar-refractivity contribution in [2.45, 2.75) is 12.3 Å². The first-order chi connectivity index (χ1) is 14.8. The Morgan fingerprint density at radius 2 is 1.34 bits per heavy atom. The third-order valence-corrected chi connectivity index (χ3v) is 4.50. The highest BCUT2D eigenvalue weighted by Crippen LogP contribution is 2.28. The minimum absolute atomic E-state index is 0.0810. The molecule has 170 valence electrons. The molecule has 0 bridgehead atoms. The number of rotatable bonds is 4. The van der Waals surface area contributed by atoms with Crippen molar-refractivity contribution in [1.29, 1.82) is 0 Å². The lowest BCUT2D eigenvalue weighted by Crippen LogP contribution is -2.34. The smallest absolute Gasteiger partial charge is 0.478 e. The third-order valence-electron chi connectivity index (χ3n) is 4.50. The fourth-order valence-electron chi connectivity index (χ4n) is 2.81. The highest BCUT2D eigenvalue weighted by molar-refractivity contribution is 6.59. The van der Waals surface area contributed by atoms with Crippen LogP contribution in [0.4, 0.5) is 17.6 Å². The maximum absolute atomic E-state index is 13.6. The van der Waals surface area contributed by atoms with Gasteiger partial charge < -0.3 is 30.1 Å². The number of aromatic carboxylic acids is 1. The molecular weight excluding hydrogens is 440 g/mol. The van der Waals surface area contributed by atoms with Gasteiger partial charge in [-0.25, -0.2) is 22.4 Å². The maximum atomic E-state index is 13.6. The first-order valence-electron chi connectivity index (χ1n) is 9.04. The minimum atomic E-state index is -2.94. The SMILES string of the molecule is O=C(O)c1ccc(B(O)O)cc1F.O=C(c1ccc(B(O)O)cc1F)N1CCC(F)(F)C1. The molecule has 0 spiro atoms. The van der Waals surface area contributed by atoms with Gasteiger partial charge in [-0.05, 0) is 35.2 Å². The summed E-state index contributed by atoms with van der Waals surface area (Å²) in [6.07, 6.45) is -0.437. The molecular formula is C18H17B2F4NO7. The predicted molar refractivity (Wildman–Crippen MR) is 105 cm³/mol. The van der Waals surface area contributed by atoms with E-state index >= 15 is 0 Å². The Morgan fingerprint density at radius 3 is 1.69 bits per heavy atom. The average molecular weight is 457 g/mol. The predicted octanol–water partition coefficient (Wildman–Crippen LogP) is -0.810. The summed E-state index contributed by atoms with van der Waals surface area (Å²) in [4.78, 5) is 23.1. The van der Waals surface area contributed by atoms with E-state index in [9.17, 15) is 27.2 Å². The molecule has 5 N–H and O–H groups in total. The molecule has 1 aliphatic heterocycles. The number of hydrogen-bond acceptors (Lipinski definition) is 6. The molecule has 0 aromatic heterocycles. The van der Waals surface area contributed by atoms with E-state index in [2.05, 4.69) is 0 Å². The molecule has 1 fully saturated rings. The van der Waals surface area contributed by atoms with Gasteiger partial charge in [0.2, 0.25) is 0 Å². The van der Waals surface area contributed by atoms with Crippen LogP contribution >= 0.6 is 0 Å². The van der Waals surface area contributed by atoms with Gasteiger partial charge in [-0.15, -0.1) is 0 Å². The molecule has 3 rings (SSSR count). The number of likely N-dealkylation sites (tertiary alicyclic amines) is 1. The number of nitrogens with zero attached hydrogens (tertiary/aromatic N) is 1. The van der Waals surface area contributed by atoms with Crippen molar-refractivity contribution in [3.8, 4) is 0 Å². The zero-order valence-corrected chi connectivity index (χ0v) is 16.3. The van der Waals surface area contributed by atoms with Crippen LogP contribution in [0.15, 0.2) is 36.4 Å². The molecule has 0 radical (unpaired) electrons. The van der Waals surface area contributed by atoms with Crippen LogP contribution in [0.25, 0.3) is 0 Å². The van der Waals surface area contributed by atoms with Crippen molar-refractivity contribution in [2.24, 2.45) is 0 Å². The van der Waals surface area contributed by atoms with Crippen LogP contribution in [0, 0.1) is 11.6 Å². The van der Waals surface area contributed by atoms with Crippen LogP contribution in [-0.2, 0) is 0 Å². The number of carbonyl (C=O) groups is 2. The second kappa shape index (κ2) is 10.1. The van der Waals surface area contributed by atoms with Crippen molar-refractivity contribution in [3.05, 3.63) is 59.2 Å².